The third-order valence-electron chi connectivity index (χ3n) is 7.07. The zero-order chi connectivity index (χ0) is 31.2. The van der Waals surface area contributed by atoms with Gasteiger partial charge in [-0.25, -0.2) is 0 Å². The monoisotopic (exact) mass is 606 g/mol. The molecule has 5 atom stereocenters. The standard InChI is InChI=1S/C32H30O12/c33-20-8-6-19(7-9-20)23-16-41-24-14-21(10-11-22(24)28(23)37)43-32-31(40-13-12-18-4-2-1-3-5-18)30(39)29(38)25(44-32)17-42-27(36)15-26(34)35/h1-11,14,16,25,29-33,38-39H,12-13,15,17H2,(H,34,35)/t25-,29-,30+,31+,32-/m0/s1. The normalized spacial score (nSPS) is 21.5. The molecule has 1 fully saturated rings. The smallest absolute Gasteiger partial charge is 0.317 e. The average Bonchev–Trinajstić information content (AvgIpc) is 3.00. The molecule has 0 amide bonds. The van der Waals surface area contributed by atoms with Gasteiger partial charge in [0, 0.05) is 6.07 Å². The van der Waals surface area contributed by atoms with Crippen molar-refractivity contribution in [2.24, 2.45) is 0 Å². The Morgan fingerprint density at radius 1 is 0.932 bits per heavy atom. The molecule has 12 nitrogen and oxygen atoms in total. The second kappa shape index (κ2) is 13.7. The van der Waals surface area contributed by atoms with Crippen LogP contribution in [0.15, 0.2) is 88.3 Å². The molecule has 0 aliphatic carbocycles. The van der Waals surface area contributed by atoms with Crippen molar-refractivity contribution in [2.45, 2.75) is 43.5 Å². The topological polar surface area (TPSA) is 182 Å². The number of fused-ring (bicyclic) bond motifs is 1. The van der Waals surface area contributed by atoms with E-state index in [1.54, 1.807) is 12.1 Å². The van der Waals surface area contributed by atoms with E-state index in [0.717, 1.165) is 5.56 Å². The highest BCUT2D eigenvalue weighted by Gasteiger charge is 2.47. The van der Waals surface area contributed by atoms with Crippen LogP contribution in [0.4, 0.5) is 0 Å². The first-order valence-electron chi connectivity index (χ1n) is 13.8. The number of aromatic hydroxyl groups is 1. The fourth-order valence-electron chi connectivity index (χ4n) is 4.78. The van der Waals surface area contributed by atoms with Gasteiger partial charge in [-0.2, -0.15) is 0 Å². The van der Waals surface area contributed by atoms with Crippen molar-refractivity contribution in [3.63, 3.8) is 0 Å². The van der Waals surface area contributed by atoms with Gasteiger partial charge in [-0.3, -0.25) is 14.4 Å². The number of aliphatic hydroxyl groups is 2. The van der Waals surface area contributed by atoms with Crippen molar-refractivity contribution in [3.8, 4) is 22.6 Å². The molecule has 2 heterocycles. The van der Waals surface area contributed by atoms with E-state index in [0.29, 0.717) is 17.5 Å². The van der Waals surface area contributed by atoms with E-state index in [4.69, 9.17) is 28.5 Å². The van der Waals surface area contributed by atoms with Crippen LogP contribution in [-0.4, -0.2) is 76.3 Å². The SMILES string of the molecule is O=C(O)CC(=O)OC[C@@H]1O[C@H](Oc2ccc3c(=O)c(-c4ccc(O)cc4)coc3c2)[C@H](OCCc2ccccc2)[C@H](O)[C@H]1O. The van der Waals surface area contributed by atoms with Crippen molar-refractivity contribution >= 4 is 22.9 Å². The predicted molar refractivity (Wildman–Crippen MR) is 154 cm³/mol. The minimum absolute atomic E-state index is 0.0614. The molecule has 0 bridgehead atoms. The number of benzene rings is 3. The van der Waals surface area contributed by atoms with Gasteiger partial charge in [0.25, 0.3) is 0 Å². The molecule has 1 aliphatic rings. The molecule has 1 aromatic heterocycles. The molecule has 1 saturated heterocycles. The molecular formula is C32H30O12. The van der Waals surface area contributed by atoms with E-state index in [-0.39, 0.29) is 34.5 Å². The predicted octanol–water partition coefficient (Wildman–Crippen LogP) is 2.64. The Morgan fingerprint density at radius 3 is 2.41 bits per heavy atom. The van der Waals surface area contributed by atoms with Crippen molar-refractivity contribution in [1.82, 2.24) is 0 Å². The number of phenolic OH excluding ortho intramolecular Hbond substituents is 1. The molecule has 12 heteroatoms. The summed E-state index contributed by atoms with van der Waals surface area (Å²) in [5.74, 6) is -2.18. The summed E-state index contributed by atoms with van der Waals surface area (Å²) in [7, 11) is 0. The number of aliphatic hydroxyl groups excluding tert-OH is 2. The number of rotatable bonds is 11. The Hall–Kier alpha value is -4.75. The lowest BCUT2D eigenvalue weighted by Crippen LogP contribution is -2.61. The number of hydrogen-bond donors (Lipinski definition) is 4. The van der Waals surface area contributed by atoms with Crippen LogP contribution >= 0.6 is 0 Å². The highest BCUT2D eigenvalue weighted by Crippen LogP contribution is 2.29. The van der Waals surface area contributed by atoms with E-state index < -0.39 is 55.7 Å². The quantitative estimate of drug-likeness (QED) is 0.145. The van der Waals surface area contributed by atoms with Crippen molar-refractivity contribution in [3.05, 3.63) is 94.8 Å². The first kappa shape index (κ1) is 30.7. The highest BCUT2D eigenvalue weighted by atomic mass is 16.7. The molecular weight excluding hydrogens is 576 g/mol. The molecule has 4 N–H and O–H groups in total. The summed E-state index contributed by atoms with van der Waals surface area (Å²) in [5, 5.41) is 40.3. The fourth-order valence-corrected chi connectivity index (χ4v) is 4.78. The molecule has 0 radical (unpaired) electrons. The molecule has 1 aliphatic heterocycles. The number of carboxylic acid groups (broad SMARTS) is 1. The molecule has 0 saturated carbocycles. The lowest BCUT2D eigenvalue weighted by molar-refractivity contribution is -0.288. The first-order valence-corrected chi connectivity index (χ1v) is 13.8. The van der Waals surface area contributed by atoms with Crippen LogP contribution in [0.2, 0.25) is 0 Å². The minimum Gasteiger partial charge on any atom is -0.508 e. The minimum atomic E-state index is -1.55. The van der Waals surface area contributed by atoms with Gasteiger partial charge in [-0.15, -0.1) is 0 Å². The Bertz CT molecular complexity index is 1650. The second-order valence-electron chi connectivity index (χ2n) is 10.1. The van der Waals surface area contributed by atoms with E-state index in [9.17, 15) is 29.7 Å². The molecule has 230 valence electrons. The maximum Gasteiger partial charge on any atom is 0.317 e. The second-order valence-corrected chi connectivity index (χ2v) is 10.1. The van der Waals surface area contributed by atoms with Crippen molar-refractivity contribution < 1.29 is 53.4 Å². The van der Waals surface area contributed by atoms with Crippen LogP contribution in [0.3, 0.4) is 0 Å². The van der Waals surface area contributed by atoms with Gasteiger partial charge in [-0.05, 0) is 41.8 Å². The van der Waals surface area contributed by atoms with Crippen molar-refractivity contribution in [2.75, 3.05) is 13.2 Å². The van der Waals surface area contributed by atoms with Crippen LogP contribution in [0, 0.1) is 0 Å². The summed E-state index contributed by atoms with van der Waals surface area (Å²) in [5.41, 5.74) is 1.74. The summed E-state index contributed by atoms with van der Waals surface area (Å²) < 4.78 is 28.5. The van der Waals surface area contributed by atoms with Crippen LogP contribution < -0.4 is 10.2 Å². The third-order valence-corrected chi connectivity index (χ3v) is 7.07. The van der Waals surface area contributed by atoms with E-state index in [1.807, 2.05) is 30.3 Å². The number of esters is 1. The van der Waals surface area contributed by atoms with Crippen LogP contribution in [0.25, 0.3) is 22.1 Å². The van der Waals surface area contributed by atoms with Crippen LogP contribution in [-0.2, 0) is 30.2 Å². The summed E-state index contributed by atoms with van der Waals surface area (Å²) in [6, 6.07) is 20.1. The van der Waals surface area contributed by atoms with Crippen LogP contribution in [0.5, 0.6) is 11.5 Å². The molecule has 4 aromatic rings. The van der Waals surface area contributed by atoms with E-state index in [1.165, 1.54) is 36.6 Å². The van der Waals surface area contributed by atoms with Crippen LogP contribution in [0.1, 0.15) is 12.0 Å². The first-order chi connectivity index (χ1) is 21.2. The van der Waals surface area contributed by atoms with Gasteiger partial charge in [0.15, 0.2) is 5.43 Å². The third kappa shape index (κ3) is 7.24. The Labute approximate surface area is 250 Å². The van der Waals surface area contributed by atoms with Gasteiger partial charge < -0.3 is 43.8 Å². The van der Waals surface area contributed by atoms with Gasteiger partial charge in [0.2, 0.25) is 6.29 Å². The summed E-state index contributed by atoms with van der Waals surface area (Å²) in [6.07, 6.45) is -5.93. The number of carbonyl (C=O) groups excluding carboxylic acids is 1. The summed E-state index contributed by atoms with van der Waals surface area (Å²) in [6.45, 7) is -0.403. The lowest BCUT2D eigenvalue weighted by Gasteiger charge is -2.42. The molecule has 5 rings (SSSR count). The van der Waals surface area contributed by atoms with Crippen molar-refractivity contribution in [1.29, 1.82) is 0 Å². The molecule has 0 spiro atoms. The number of hydrogen-bond acceptors (Lipinski definition) is 11. The summed E-state index contributed by atoms with van der Waals surface area (Å²) >= 11 is 0. The number of ether oxygens (including phenoxy) is 4. The Balaban J connectivity index is 1.36. The lowest BCUT2D eigenvalue weighted by atomic mass is 9.99. The number of aliphatic carboxylic acids is 1. The zero-order valence-corrected chi connectivity index (χ0v) is 23.3. The maximum atomic E-state index is 13.2. The zero-order valence-electron chi connectivity index (χ0n) is 23.3. The summed E-state index contributed by atoms with van der Waals surface area (Å²) in [4.78, 5) is 35.7. The molecule has 3 aromatic carbocycles. The molecule has 0 unspecified atom stereocenters. The van der Waals surface area contributed by atoms with E-state index >= 15 is 0 Å². The fraction of sp³-hybridized carbons (Fsp3) is 0.281. The van der Waals surface area contributed by atoms with Gasteiger partial charge >= 0.3 is 11.9 Å². The number of carbonyl (C=O) groups is 2. The number of carboxylic acids is 1. The molecule has 44 heavy (non-hydrogen) atoms. The Morgan fingerprint density at radius 2 is 1.68 bits per heavy atom. The average molecular weight is 607 g/mol. The maximum absolute atomic E-state index is 13.2. The highest BCUT2D eigenvalue weighted by molar-refractivity contribution is 5.90. The largest absolute Gasteiger partial charge is 0.508 e. The van der Waals surface area contributed by atoms with Gasteiger partial charge in [-0.1, -0.05) is 42.5 Å². The van der Waals surface area contributed by atoms with E-state index in [2.05, 4.69) is 0 Å². The Kier molecular flexibility index (Phi) is 9.56. The van der Waals surface area contributed by atoms with Gasteiger partial charge in [0.1, 0.15) is 60.8 Å². The van der Waals surface area contributed by atoms with Gasteiger partial charge in [0.05, 0.1) is 17.6 Å². The number of phenols is 1.